The van der Waals surface area contributed by atoms with Gasteiger partial charge in [-0.25, -0.2) is 8.42 Å². The van der Waals surface area contributed by atoms with Crippen LogP contribution < -0.4 is 9.64 Å². The van der Waals surface area contributed by atoms with E-state index in [4.69, 9.17) is 27.9 Å². The maximum atomic E-state index is 12.6. The summed E-state index contributed by atoms with van der Waals surface area (Å²) in [5.41, 5.74) is 1.33. The van der Waals surface area contributed by atoms with E-state index in [1.165, 1.54) is 18.2 Å². The van der Waals surface area contributed by atoms with Crippen LogP contribution in [0.3, 0.4) is 0 Å². The summed E-state index contributed by atoms with van der Waals surface area (Å²) < 4.78 is 66.5. The van der Waals surface area contributed by atoms with E-state index >= 15 is 0 Å². The number of hydrogen-bond acceptors (Lipinski definition) is 5. The Morgan fingerprint density at radius 3 is 2.26 bits per heavy atom. The molecule has 0 aromatic heterocycles. The Hall–Kier alpha value is -1.68. The molecule has 1 aliphatic heterocycles. The van der Waals surface area contributed by atoms with Crippen LogP contribution in [0.15, 0.2) is 41.3 Å². The van der Waals surface area contributed by atoms with E-state index in [-0.39, 0.29) is 17.2 Å². The number of ether oxygens (including phenoxy) is 1. The number of nitrogens with zero attached hydrogens (tertiary/aromatic N) is 2. The molecule has 0 aliphatic carbocycles. The van der Waals surface area contributed by atoms with Gasteiger partial charge in [-0.2, -0.15) is 13.2 Å². The zero-order chi connectivity index (χ0) is 22.8. The van der Waals surface area contributed by atoms with Gasteiger partial charge >= 0.3 is 6.18 Å². The van der Waals surface area contributed by atoms with Gasteiger partial charge in [0.05, 0.1) is 14.9 Å². The predicted molar refractivity (Wildman–Crippen MR) is 115 cm³/mol. The van der Waals surface area contributed by atoms with Crippen molar-refractivity contribution in [2.75, 3.05) is 43.9 Å². The van der Waals surface area contributed by atoms with Crippen molar-refractivity contribution < 1.29 is 26.3 Å². The van der Waals surface area contributed by atoms with Crippen molar-refractivity contribution in [2.24, 2.45) is 0 Å². The molecular weight excluding hydrogens is 476 g/mol. The van der Waals surface area contributed by atoms with Crippen molar-refractivity contribution in [3.8, 4) is 5.75 Å². The van der Waals surface area contributed by atoms with E-state index in [1.54, 1.807) is 12.1 Å². The van der Waals surface area contributed by atoms with Gasteiger partial charge in [0.2, 0.25) is 0 Å². The molecule has 0 radical (unpaired) electrons. The first-order chi connectivity index (χ1) is 14.4. The van der Waals surface area contributed by atoms with Gasteiger partial charge in [0.15, 0.2) is 16.4 Å². The number of rotatable bonds is 6. The standard InChI is InChI=1S/C20H21Cl2F3N2O3S/c1-31(28,29)16-3-5-19(30-13-20(23,24)25)14(10-16)12-26-6-8-27(9-7-26)15-2-4-17(21)18(22)11-15/h2-5,10-11H,6-9,12-13H2,1H3. The highest BCUT2D eigenvalue weighted by Crippen LogP contribution is 2.29. The number of halogens is 5. The molecule has 0 saturated carbocycles. The largest absolute Gasteiger partial charge is 0.484 e. The van der Waals surface area contributed by atoms with Gasteiger partial charge in [0.1, 0.15) is 5.75 Å². The normalized spacial score (nSPS) is 15.9. The van der Waals surface area contributed by atoms with E-state index in [1.807, 2.05) is 11.0 Å². The Bertz CT molecular complexity index is 1040. The van der Waals surface area contributed by atoms with Crippen LogP contribution in [0, 0.1) is 0 Å². The number of anilines is 1. The van der Waals surface area contributed by atoms with Crippen molar-refractivity contribution in [1.29, 1.82) is 0 Å². The smallest absolute Gasteiger partial charge is 0.422 e. The van der Waals surface area contributed by atoms with Crippen molar-refractivity contribution >= 4 is 38.7 Å². The highest BCUT2D eigenvalue weighted by atomic mass is 35.5. The lowest BCUT2D eigenvalue weighted by Crippen LogP contribution is -2.46. The summed E-state index contributed by atoms with van der Waals surface area (Å²) in [5, 5.41) is 0.937. The molecule has 0 spiro atoms. The van der Waals surface area contributed by atoms with Gasteiger partial charge in [-0.3, -0.25) is 4.90 Å². The second kappa shape index (κ2) is 9.44. The third kappa shape index (κ3) is 6.65. The summed E-state index contributed by atoms with van der Waals surface area (Å²) in [6.07, 6.45) is -3.43. The summed E-state index contributed by atoms with van der Waals surface area (Å²) in [6.45, 7) is 1.42. The lowest BCUT2D eigenvalue weighted by Gasteiger charge is -2.36. The van der Waals surface area contributed by atoms with Crippen LogP contribution in [0.25, 0.3) is 0 Å². The Balaban J connectivity index is 1.72. The third-order valence-electron chi connectivity index (χ3n) is 4.89. The number of piperazine rings is 1. The van der Waals surface area contributed by atoms with Gasteiger partial charge in [-0.05, 0) is 36.4 Å². The molecule has 31 heavy (non-hydrogen) atoms. The quantitative estimate of drug-likeness (QED) is 0.581. The lowest BCUT2D eigenvalue weighted by molar-refractivity contribution is -0.153. The monoisotopic (exact) mass is 496 g/mol. The average molecular weight is 497 g/mol. The fraction of sp³-hybridized carbons (Fsp3) is 0.400. The number of alkyl halides is 3. The molecule has 170 valence electrons. The Labute approximate surface area is 189 Å². The molecule has 1 heterocycles. The van der Waals surface area contributed by atoms with Crippen LogP contribution in [0.1, 0.15) is 5.56 Å². The molecule has 2 aromatic rings. The van der Waals surface area contributed by atoms with Crippen LogP contribution in [0.5, 0.6) is 5.75 Å². The summed E-state index contributed by atoms with van der Waals surface area (Å²) in [7, 11) is -3.51. The zero-order valence-corrected chi connectivity index (χ0v) is 19.0. The molecule has 2 aromatic carbocycles. The Morgan fingerprint density at radius 1 is 1.00 bits per heavy atom. The van der Waals surface area contributed by atoms with Gasteiger partial charge in [0.25, 0.3) is 0 Å². The van der Waals surface area contributed by atoms with Crippen molar-refractivity contribution in [2.45, 2.75) is 17.6 Å². The van der Waals surface area contributed by atoms with Crippen LogP contribution in [0.2, 0.25) is 10.0 Å². The SMILES string of the molecule is CS(=O)(=O)c1ccc(OCC(F)(F)F)c(CN2CCN(c3ccc(Cl)c(Cl)c3)CC2)c1. The summed E-state index contributed by atoms with van der Waals surface area (Å²) >= 11 is 12.1. The second-order valence-corrected chi connectivity index (χ2v) is 10.1. The first kappa shape index (κ1) is 24.0. The lowest BCUT2D eigenvalue weighted by atomic mass is 10.1. The third-order valence-corrected chi connectivity index (χ3v) is 6.74. The van der Waals surface area contributed by atoms with Crippen molar-refractivity contribution in [3.05, 3.63) is 52.0 Å². The Morgan fingerprint density at radius 2 is 1.68 bits per heavy atom. The summed E-state index contributed by atoms with van der Waals surface area (Å²) in [4.78, 5) is 4.21. The zero-order valence-electron chi connectivity index (χ0n) is 16.6. The molecule has 0 unspecified atom stereocenters. The minimum Gasteiger partial charge on any atom is -0.484 e. The van der Waals surface area contributed by atoms with E-state index in [2.05, 4.69) is 4.90 Å². The van der Waals surface area contributed by atoms with Crippen molar-refractivity contribution in [3.63, 3.8) is 0 Å². The Kier molecular flexibility index (Phi) is 7.30. The summed E-state index contributed by atoms with van der Waals surface area (Å²) in [6, 6.07) is 9.32. The van der Waals surface area contributed by atoms with E-state index < -0.39 is 22.6 Å². The first-order valence-electron chi connectivity index (χ1n) is 9.37. The highest BCUT2D eigenvalue weighted by Gasteiger charge is 2.29. The van der Waals surface area contributed by atoms with Gasteiger partial charge in [-0.1, -0.05) is 23.2 Å². The molecule has 1 aliphatic rings. The molecule has 0 N–H and O–H groups in total. The first-order valence-corrected chi connectivity index (χ1v) is 12.0. The topological polar surface area (TPSA) is 49.9 Å². The highest BCUT2D eigenvalue weighted by molar-refractivity contribution is 7.90. The van der Waals surface area contributed by atoms with E-state index in [0.29, 0.717) is 41.8 Å². The average Bonchev–Trinajstić information content (AvgIpc) is 2.68. The van der Waals surface area contributed by atoms with E-state index in [0.717, 1.165) is 11.9 Å². The summed E-state index contributed by atoms with van der Waals surface area (Å²) in [5.74, 6) is 0.0247. The number of benzene rings is 2. The predicted octanol–water partition coefficient (Wildman–Crippen LogP) is 4.66. The maximum absolute atomic E-state index is 12.6. The van der Waals surface area contributed by atoms with Crippen LogP contribution >= 0.6 is 23.2 Å². The molecule has 0 atom stereocenters. The minimum absolute atomic E-state index is 0.0247. The van der Waals surface area contributed by atoms with Crippen LogP contribution in [0.4, 0.5) is 18.9 Å². The van der Waals surface area contributed by atoms with E-state index in [9.17, 15) is 21.6 Å². The molecule has 11 heteroatoms. The molecule has 3 rings (SSSR count). The number of hydrogen-bond donors (Lipinski definition) is 0. The molecular formula is C20H21Cl2F3N2O3S. The molecule has 1 fully saturated rings. The van der Waals surface area contributed by atoms with Crippen LogP contribution in [-0.2, 0) is 16.4 Å². The maximum Gasteiger partial charge on any atom is 0.422 e. The molecule has 1 saturated heterocycles. The van der Waals surface area contributed by atoms with Crippen LogP contribution in [-0.4, -0.2) is 58.5 Å². The van der Waals surface area contributed by atoms with Gasteiger partial charge in [-0.15, -0.1) is 0 Å². The fourth-order valence-electron chi connectivity index (χ4n) is 3.30. The minimum atomic E-state index is -4.49. The fourth-order valence-corrected chi connectivity index (χ4v) is 4.26. The molecule has 0 bridgehead atoms. The molecule has 5 nitrogen and oxygen atoms in total. The van der Waals surface area contributed by atoms with Crippen molar-refractivity contribution in [1.82, 2.24) is 4.90 Å². The second-order valence-electron chi connectivity index (χ2n) is 7.31. The van der Waals surface area contributed by atoms with Gasteiger partial charge < -0.3 is 9.64 Å². The van der Waals surface area contributed by atoms with Gasteiger partial charge in [0, 0.05) is 50.2 Å². The molecule has 0 amide bonds. The number of sulfone groups is 1.